The normalized spacial score (nSPS) is 16.8. The van der Waals surface area contributed by atoms with Gasteiger partial charge in [0.1, 0.15) is 22.5 Å². The van der Waals surface area contributed by atoms with E-state index < -0.39 is 17.0 Å². The van der Waals surface area contributed by atoms with Crippen LogP contribution < -0.4 is 10.2 Å². The summed E-state index contributed by atoms with van der Waals surface area (Å²) in [4.78, 5) is 27.8. The van der Waals surface area contributed by atoms with Crippen molar-refractivity contribution in [3.8, 4) is 6.07 Å². The summed E-state index contributed by atoms with van der Waals surface area (Å²) >= 11 is 4.57. The van der Waals surface area contributed by atoms with Crippen LogP contribution in [-0.4, -0.2) is 17.1 Å². The molecule has 1 saturated heterocycles. The second-order valence-electron chi connectivity index (χ2n) is 7.70. The number of nitrogens with one attached hydrogen (secondary N) is 1. The van der Waals surface area contributed by atoms with E-state index in [1.54, 1.807) is 12.1 Å². The maximum absolute atomic E-state index is 13.5. The zero-order chi connectivity index (χ0) is 24.2. The van der Waals surface area contributed by atoms with Crippen molar-refractivity contribution in [2.45, 2.75) is 18.6 Å². The molecule has 4 rings (SSSR count). The fraction of sp³-hybridized carbons (Fsp3) is 0.115. The largest absolute Gasteiger partial charge is 0.321 e. The molecule has 5 nitrogen and oxygen atoms in total. The predicted octanol–water partition coefficient (Wildman–Crippen LogP) is 5.96. The lowest BCUT2D eigenvalue weighted by Gasteiger charge is -2.18. The Kier molecular flexibility index (Phi) is 7.15. The van der Waals surface area contributed by atoms with Crippen molar-refractivity contribution < 1.29 is 14.0 Å². The molecule has 0 aliphatic carbocycles. The van der Waals surface area contributed by atoms with E-state index in [1.807, 2.05) is 49.4 Å². The number of thioether (sulfide) groups is 1. The smallest absolute Gasteiger partial charge is 0.269 e. The van der Waals surface area contributed by atoms with Gasteiger partial charge < -0.3 is 5.32 Å². The lowest BCUT2D eigenvalue weighted by Crippen LogP contribution is -2.30. The molecule has 1 unspecified atom stereocenters. The first kappa shape index (κ1) is 23.7. The van der Waals surface area contributed by atoms with Crippen LogP contribution in [0.1, 0.15) is 11.1 Å². The van der Waals surface area contributed by atoms with E-state index in [2.05, 4.69) is 21.2 Å². The van der Waals surface area contributed by atoms with Gasteiger partial charge in [-0.05, 0) is 67.4 Å². The van der Waals surface area contributed by atoms with E-state index in [1.165, 1.54) is 40.9 Å². The zero-order valence-electron chi connectivity index (χ0n) is 18.1. The van der Waals surface area contributed by atoms with Gasteiger partial charge in [-0.1, -0.05) is 57.5 Å². The highest BCUT2D eigenvalue weighted by Crippen LogP contribution is 2.42. The molecule has 8 heteroatoms. The first-order chi connectivity index (χ1) is 16.4. The standard InChI is InChI=1S/C26H19BrFN3O2S/c1-16-2-10-20(11-3-16)30-24(32)22(15-29)26-31(21-12-8-19(28)9-13-21)25(33)23(34-26)14-17-4-6-18(27)7-5-17/h2-13,23H,14H2,1H3,(H,30,32)/b26-22-. The van der Waals surface area contributed by atoms with Gasteiger partial charge in [0.2, 0.25) is 5.91 Å². The molecule has 170 valence electrons. The number of benzene rings is 3. The summed E-state index contributed by atoms with van der Waals surface area (Å²) in [6.45, 7) is 1.93. The Labute approximate surface area is 209 Å². The molecule has 34 heavy (non-hydrogen) atoms. The number of hydrogen-bond acceptors (Lipinski definition) is 4. The monoisotopic (exact) mass is 535 g/mol. The fourth-order valence-electron chi connectivity index (χ4n) is 3.48. The Bertz CT molecular complexity index is 1300. The van der Waals surface area contributed by atoms with E-state index in [-0.39, 0.29) is 16.5 Å². The Morgan fingerprint density at radius 2 is 1.74 bits per heavy atom. The number of hydrogen-bond donors (Lipinski definition) is 1. The van der Waals surface area contributed by atoms with Crippen LogP contribution in [0.25, 0.3) is 0 Å². The molecule has 1 aliphatic rings. The summed E-state index contributed by atoms with van der Waals surface area (Å²) in [5.41, 5.74) is 2.73. The number of nitrogens with zero attached hydrogens (tertiary/aromatic N) is 2. The summed E-state index contributed by atoms with van der Waals surface area (Å²) in [5.74, 6) is -1.33. The summed E-state index contributed by atoms with van der Waals surface area (Å²) < 4.78 is 14.5. The Balaban J connectivity index is 1.71. The molecule has 0 saturated carbocycles. The first-order valence-corrected chi connectivity index (χ1v) is 12.1. The lowest BCUT2D eigenvalue weighted by atomic mass is 10.1. The molecule has 1 atom stereocenters. The SMILES string of the molecule is Cc1ccc(NC(=O)/C(C#N)=C2\SC(Cc3ccc(Br)cc3)C(=O)N2c2ccc(F)cc2)cc1. The number of carbonyl (C=O) groups is 2. The predicted molar refractivity (Wildman–Crippen MR) is 136 cm³/mol. The van der Waals surface area contributed by atoms with Gasteiger partial charge in [0.05, 0.1) is 5.25 Å². The molecule has 0 radical (unpaired) electrons. The number of rotatable bonds is 5. The minimum atomic E-state index is -0.613. The summed E-state index contributed by atoms with van der Waals surface area (Å²) in [5, 5.41) is 12.3. The molecule has 1 N–H and O–H groups in total. The average Bonchev–Trinajstić information content (AvgIpc) is 3.13. The van der Waals surface area contributed by atoms with Crippen molar-refractivity contribution in [1.82, 2.24) is 0 Å². The van der Waals surface area contributed by atoms with Crippen LogP contribution >= 0.6 is 27.7 Å². The number of halogens is 2. The van der Waals surface area contributed by atoms with Crippen LogP contribution in [0.15, 0.2) is 87.9 Å². The van der Waals surface area contributed by atoms with E-state index >= 15 is 0 Å². The molecule has 1 fully saturated rings. The third kappa shape index (κ3) is 5.22. The van der Waals surface area contributed by atoms with E-state index in [4.69, 9.17) is 0 Å². The molecular weight excluding hydrogens is 517 g/mol. The van der Waals surface area contributed by atoms with Crippen molar-refractivity contribution in [1.29, 1.82) is 5.26 Å². The van der Waals surface area contributed by atoms with Crippen molar-refractivity contribution in [2.75, 3.05) is 10.2 Å². The fourth-order valence-corrected chi connectivity index (χ4v) is 5.05. The Hall–Kier alpha value is -3.41. The molecule has 2 amide bonds. The van der Waals surface area contributed by atoms with Gasteiger partial charge in [0, 0.05) is 15.8 Å². The summed E-state index contributed by atoms with van der Waals surface area (Å²) in [7, 11) is 0. The van der Waals surface area contributed by atoms with E-state index in [9.17, 15) is 19.2 Å². The second-order valence-corrected chi connectivity index (χ2v) is 9.81. The minimum absolute atomic E-state index is 0.179. The molecular formula is C26H19BrFN3O2S. The molecule has 0 aromatic heterocycles. The van der Waals surface area contributed by atoms with Crippen molar-refractivity contribution in [2.24, 2.45) is 0 Å². The molecule has 3 aromatic rings. The molecule has 3 aromatic carbocycles. The van der Waals surface area contributed by atoms with Crippen molar-refractivity contribution >= 4 is 50.9 Å². The number of amides is 2. The number of carbonyl (C=O) groups excluding carboxylic acids is 2. The van der Waals surface area contributed by atoms with Crippen molar-refractivity contribution in [3.05, 3.63) is 105 Å². The maximum Gasteiger partial charge on any atom is 0.269 e. The van der Waals surface area contributed by atoms with Gasteiger partial charge >= 0.3 is 0 Å². The van der Waals surface area contributed by atoms with Crippen LogP contribution in [0.4, 0.5) is 15.8 Å². The lowest BCUT2D eigenvalue weighted by molar-refractivity contribution is -0.117. The third-order valence-corrected chi connectivity index (χ3v) is 7.03. The number of nitriles is 1. The number of anilines is 2. The highest BCUT2D eigenvalue weighted by molar-refractivity contribution is 9.10. The third-order valence-electron chi connectivity index (χ3n) is 5.23. The molecule has 0 spiro atoms. The van der Waals surface area contributed by atoms with Gasteiger partial charge in [0.15, 0.2) is 0 Å². The maximum atomic E-state index is 13.5. The quantitative estimate of drug-likeness (QED) is 0.323. The van der Waals surface area contributed by atoms with E-state index in [0.717, 1.165) is 15.6 Å². The average molecular weight is 536 g/mol. The molecule has 1 heterocycles. The van der Waals surface area contributed by atoms with Crippen molar-refractivity contribution in [3.63, 3.8) is 0 Å². The van der Waals surface area contributed by atoms with Crippen LogP contribution in [0, 0.1) is 24.1 Å². The van der Waals surface area contributed by atoms with Gasteiger partial charge in [0.25, 0.3) is 5.91 Å². The topological polar surface area (TPSA) is 73.2 Å². The zero-order valence-corrected chi connectivity index (χ0v) is 20.5. The van der Waals surface area contributed by atoms with Gasteiger partial charge in [-0.15, -0.1) is 0 Å². The first-order valence-electron chi connectivity index (χ1n) is 10.4. The Morgan fingerprint density at radius 3 is 2.35 bits per heavy atom. The molecule has 1 aliphatic heterocycles. The molecule has 0 bridgehead atoms. The Morgan fingerprint density at radius 1 is 1.09 bits per heavy atom. The highest BCUT2D eigenvalue weighted by Gasteiger charge is 2.40. The highest BCUT2D eigenvalue weighted by atomic mass is 79.9. The van der Waals surface area contributed by atoms with Crippen LogP contribution in [0.3, 0.4) is 0 Å². The minimum Gasteiger partial charge on any atom is -0.321 e. The number of aryl methyl sites for hydroxylation is 1. The van der Waals surface area contributed by atoms with Gasteiger partial charge in [-0.25, -0.2) is 4.39 Å². The summed E-state index contributed by atoms with van der Waals surface area (Å²) in [6, 6.07) is 22.2. The van der Waals surface area contributed by atoms with Gasteiger partial charge in [-0.2, -0.15) is 5.26 Å². The van der Waals surface area contributed by atoms with Crippen LogP contribution in [0.5, 0.6) is 0 Å². The van der Waals surface area contributed by atoms with E-state index in [0.29, 0.717) is 17.8 Å². The van der Waals surface area contributed by atoms with Crippen LogP contribution in [-0.2, 0) is 16.0 Å². The second kappa shape index (κ2) is 10.2. The van der Waals surface area contributed by atoms with Crippen LogP contribution in [0.2, 0.25) is 0 Å². The summed E-state index contributed by atoms with van der Waals surface area (Å²) in [6.07, 6.45) is 0.413. The van der Waals surface area contributed by atoms with Gasteiger partial charge in [-0.3, -0.25) is 14.5 Å².